The van der Waals surface area contributed by atoms with E-state index in [0.29, 0.717) is 12.0 Å². The van der Waals surface area contributed by atoms with Crippen molar-refractivity contribution in [3.63, 3.8) is 0 Å². The lowest BCUT2D eigenvalue weighted by Gasteiger charge is -2.10. The molecule has 0 radical (unpaired) electrons. The Morgan fingerprint density at radius 2 is 1.95 bits per heavy atom. The molecular formula is C13H20N6. The van der Waals surface area contributed by atoms with E-state index in [0.717, 1.165) is 29.5 Å². The molecule has 0 bridgehead atoms. The summed E-state index contributed by atoms with van der Waals surface area (Å²) in [5.74, 6) is 2.10. The molecule has 0 aliphatic heterocycles. The lowest BCUT2D eigenvalue weighted by atomic mass is 10.2. The summed E-state index contributed by atoms with van der Waals surface area (Å²) in [5, 5.41) is 7.65. The Balaban J connectivity index is 2.26. The van der Waals surface area contributed by atoms with Gasteiger partial charge in [0, 0.05) is 30.0 Å². The fourth-order valence-corrected chi connectivity index (χ4v) is 1.78. The van der Waals surface area contributed by atoms with Gasteiger partial charge in [0.25, 0.3) is 5.95 Å². The third kappa shape index (κ3) is 3.14. The molecule has 0 spiro atoms. The van der Waals surface area contributed by atoms with Crippen molar-refractivity contribution in [2.24, 2.45) is 0 Å². The van der Waals surface area contributed by atoms with Crippen molar-refractivity contribution < 1.29 is 0 Å². The molecule has 0 aliphatic carbocycles. The molecule has 0 saturated carbocycles. The summed E-state index contributed by atoms with van der Waals surface area (Å²) >= 11 is 0. The average Bonchev–Trinajstić information content (AvgIpc) is 2.66. The molecule has 1 N–H and O–H groups in total. The highest BCUT2D eigenvalue weighted by Crippen LogP contribution is 2.08. The van der Waals surface area contributed by atoms with Crippen molar-refractivity contribution in [1.82, 2.24) is 30.0 Å². The Bertz CT molecular complexity index is 573. The maximum atomic E-state index is 4.50. The highest BCUT2D eigenvalue weighted by molar-refractivity contribution is 5.22. The van der Waals surface area contributed by atoms with Crippen LogP contribution in [0.2, 0.25) is 0 Å². The third-order valence-corrected chi connectivity index (χ3v) is 2.83. The molecule has 0 aromatic carbocycles. The van der Waals surface area contributed by atoms with Crippen LogP contribution in [0.3, 0.4) is 0 Å². The molecule has 0 atom stereocenters. The number of aryl methyl sites for hydroxylation is 3. The maximum absolute atomic E-state index is 4.50. The molecule has 2 aromatic heterocycles. The Kier molecular flexibility index (Phi) is 3.90. The molecule has 0 amide bonds. The number of rotatable bonds is 4. The predicted molar refractivity (Wildman–Crippen MR) is 73.1 cm³/mol. The van der Waals surface area contributed by atoms with Gasteiger partial charge in [0.2, 0.25) is 0 Å². The van der Waals surface area contributed by atoms with Crippen LogP contribution in [0.25, 0.3) is 5.95 Å². The van der Waals surface area contributed by atoms with E-state index in [-0.39, 0.29) is 0 Å². The van der Waals surface area contributed by atoms with E-state index >= 15 is 0 Å². The molecule has 19 heavy (non-hydrogen) atoms. The molecule has 0 unspecified atom stereocenters. The first-order valence-corrected chi connectivity index (χ1v) is 6.44. The number of aromatic nitrogens is 5. The minimum atomic E-state index is 0.444. The summed E-state index contributed by atoms with van der Waals surface area (Å²) in [6.07, 6.45) is 1.85. The topological polar surface area (TPSA) is 68.5 Å². The SMILES string of the molecule is Cc1nc(C)n(-c2ncc(CNC(C)C)c(C)n2)n1. The standard InChI is InChI=1S/C13H20N6/c1-8(2)14-6-12-7-15-13(16-9(12)3)19-11(5)17-10(4)18-19/h7-8,14H,6H2,1-5H3. The van der Waals surface area contributed by atoms with Crippen LogP contribution in [0.1, 0.15) is 36.8 Å². The summed E-state index contributed by atoms with van der Waals surface area (Å²) in [5.41, 5.74) is 2.07. The van der Waals surface area contributed by atoms with Gasteiger partial charge in [0.1, 0.15) is 11.6 Å². The molecule has 102 valence electrons. The average molecular weight is 260 g/mol. The fourth-order valence-electron chi connectivity index (χ4n) is 1.78. The monoisotopic (exact) mass is 260 g/mol. The Morgan fingerprint density at radius 1 is 1.21 bits per heavy atom. The normalized spacial score (nSPS) is 11.3. The van der Waals surface area contributed by atoms with Crippen molar-refractivity contribution in [3.05, 3.63) is 29.1 Å². The highest BCUT2D eigenvalue weighted by atomic mass is 15.4. The second-order valence-electron chi connectivity index (χ2n) is 4.93. The zero-order valence-corrected chi connectivity index (χ0v) is 12.1. The zero-order valence-electron chi connectivity index (χ0n) is 12.1. The van der Waals surface area contributed by atoms with Crippen molar-refractivity contribution in [2.75, 3.05) is 0 Å². The zero-order chi connectivity index (χ0) is 14.0. The van der Waals surface area contributed by atoms with E-state index in [1.807, 2.05) is 27.0 Å². The fraction of sp³-hybridized carbons (Fsp3) is 0.538. The van der Waals surface area contributed by atoms with Gasteiger partial charge in [-0.2, -0.15) is 4.68 Å². The summed E-state index contributed by atoms with van der Waals surface area (Å²) in [6, 6.07) is 0.444. The van der Waals surface area contributed by atoms with E-state index in [1.165, 1.54) is 0 Å². The van der Waals surface area contributed by atoms with Gasteiger partial charge in [-0.15, -0.1) is 5.10 Å². The molecule has 2 rings (SSSR count). The van der Waals surface area contributed by atoms with Crippen molar-refractivity contribution >= 4 is 0 Å². The second-order valence-corrected chi connectivity index (χ2v) is 4.93. The van der Waals surface area contributed by atoms with E-state index < -0.39 is 0 Å². The van der Waals surface area contributed by atoms with Gasteiger partial charge in [0.05, 0.1) is 0 Å². The second kappa shape index (κ2) is 5.44. The van der Waals surface area contributed by atoms with Crippen LogP contribution in [0.15, 0.2) is 6.20 Å². The van der Waals surface area contributed by atoms with E-state index in [2.05, 4.69) is 39.2 Å². The molecule has 0 saturated heterocycles. The van der Waals surface area contributed by atoms with E-state index in [4.69, 9.17) is 0 Å². The minimum absolute atomic E-state index is 0.444. The van der Waals surface area contributed by atoms with Gasteiger partial charge < -0.3 is 5.32 Å². The van der Waals surface area contributed by atoms with Crippen molar-refractivity contribution in [3.8, 4) is 5.95 Å². The Labute approximate surface area is 113 Å². The first-order valence-electron chi connectivity index (χ1n) is 6.44. The minimum Gasteiger partial charge on any atom is -0.310 e. The number of hydrogen-bond acceptors (Lipinski definition) is 5. The molecule has 2 aromatic rings. The summed E-state index contributed by atoms with van der Waals surface area (Å²) in [6.45, 7) is 10.8. The van der Waals surface area contributed by atoms with Crippen LogP contribution in [-0.4, -0.2) is 30.8 Å². The lowest BCUT2D eigenvalue weighted by Crippen LogP contribution is -2.23. The van der Waals surface area contributed by atoms with Gasteiger partial charge in [-0.25, -0.2) is 15.0 Å². The van der Waals surface area contributed by atoms with E-state index in [9.17, 15) is 0 Å². The van der Waals surface area contributed by atoms with Crippen LogP contribution in [0.4, 0.5) is 0 Å². The molecule has 0 aliphatic rings. The molecule has 0 fully saturated rings. The molecule has 2 heterocycles. The molecule has 6 nitrogen and oxygen atoms in total. The third-order valence-electron chi connectivity index (χ3n) is 2.83. The molecular weight excluding hydrogens is 240 g/mol. The van der Waals surface area contributed by atoms with Gasteiger partial charge in [0.15, 0.2) is 0 Å². The van der Waals surface area contributed by atoms with Crippen LogP contribution in [0.5, 0.6) is 0 Å². The quantitative estimate of drug-likeness (QED) is 0.901. The summed E-state index contributed by atoms with van der Waals surface area (Å²) in [7, 11) is 0. The first-order chi connectivity index (χ1) is 8.97. The maximum Gasteiger partial charge on any atom is 0.252 e. The van der Waals surface area contributed by atoms with Crippen molar-refractivity contribution in [1.29, 1.82) is 0 Å². The largest absolute Gasteiger partial charge is 0.310 e. The summed E-state index contributed by atoms with van der Waals surface area (Å²) in [4.78, 5) is 13.1. The number of nitrogens with one attached hydrogen (secondary N) is 1. The smallest absolute Gasteiger partial charge is 0.252 e. The lowest BCUT2D eigenvalue weighted by molar-refractivity contribution is 0.584. The summed E-state index contributed by atoms with van der Waals surface area (Å²) < 4.78 is 1.67. The van der Waals surface area contributed by atoms with Crippen LogP contribution < -0.4 is 5.32 Å². The Hall–Kier alpha value is -1.82. The first kappa shape index (κ1) is 13.6. The van der Waals surface area contributed by atoms with Crippen LogP contribution >= 0.6 is 0 Å². The number of nitrogens with zero attached hydrogens (tertiary/aromatic N) is 5. The van der Waals surface area contributed by atoms with Gasteiger partial charge in [-0.1, -0.05) is 13.8 Å². The van der Waals surface area contributed by atoms with Gasteiger partial charge in [-0.3, -0.25) is 0 Å². The highest BCUT2D eigenvalue weighted by Gasteiger charge is 2.10. The molecule has 6 heteroatoms. The number of hydrogen-bond donors (Lipinski definition) is 1. The van der Waals surface area contributed by atoms with E-state index in [1.54, 1.807) is 4.68 Å². The Morgan fingerprint density at radius 3 is 2.47 bits per heavy atom. The van der Waals surface area contributed by atoms with Gasteiger partial charge in [-0.05, 0) is 20.8 Å². The van der Waals surface area contributed by atoms with Crippen LogP contribution in [0, 0.1) is 20.8 Å². The predicted octanol–water partition coefficient (Wildman–Crippen LogP) is 1.48. The van der Waals surface area contributed by atoms with Crippen molar-refractivity contribution in [2.45, 2.75) is 47.2 Å². The van der Waals surface area contributed by atoms with Crippen LogP contribution in [-0.2, 0) is 6.54 Å². The van der Waals surface area contributed by atoms with Gasteiger partial charge >= 0.3 is 0 Å².